The summed E-state index contributed by atoms with van der Waals surface area (Å²) in [7, 11) is 0. The third-order valence-corrected chi connectivity index (χ3v) is 8.72. The van der Waals surface area contributed by atoms with Crippen LogP contribution in [-0.2, 0) is 39.5 Å². The number of carbonyl (C=O) groups excluding carboxylic acids is 2. The third-order valence-electron chi connectivity index (χ3n) is 8.72. The number of cyclic esters (lactones) is 1. The normalized spacial score (nSPS) is 20.0. The lowest BCUT2D eigenvalue weighted by atomic mass is 9.81. The van der Waals surface area contributed by atoms with E-state index in [4.69, 9.17) is 15.5 Å². The molecule has 2 amide bonds. The molecular formula is C29H30FN5O7. The van der Waals surface area contributed by atoms with Gasteiger partial charge in [0.2, 0.25) is 5.91 Å². The summed E-state index contributed by atoms with van der Waals surface area (Å²) in [4.78, 5) is 56.6. The first-order valence-electron chi connectivity index (χ1n) is 13.8. The Bertz CT molecular complexity index is 1770. The van der Waals surface area contributed by atoms with Gasteiger partial charge in [0.05, 0.1) is 35.1 Å². The average molecular weight is 580 g/mol. The van der Waals surface area contributed by atoms with Crippen LogP contribution in [0.5, 0.6) is 0 Å². The van der Waals surface area contributed by atoms with Crippen LogP contribution in [0.15, 0.2) is 16.9 Å². The van der Waals surface area contributed by atoms with E-state index >= 15 is 4.39 Å². The Labute approximate surface area is 238 Å². The fourth-order valence-corrected chi connectivity index (χ4v) is 6.51. The molecule has 0 fully saturated rings. The molecule has 2 aliphatic heterocycles. The van der Waals surface area contributed by atoms with Crippen molar-refractivity contribution in [1.82, 2.24) is 19.8 Å². The Morgan fingerprint density at radius 1 is 1.29 bits per heavy atom. The molecule has 5 N–H and O–H groups in total. The molecule has 42 heavy (non-hydrogen) atoms. The molecule has 4 heterocycles. The van der Waals surface area contributed by atoms with Crippen LogP contribution in [0.1, 0.15) is 59.2 Å². The minimum absolute atomic E-state index is 0.00947. The van der Waals surface area contributed by atoms with Crippen LogP contribution in [0.3, 0.4) is 0 Å². The van der Waals surface area contributed by atoms with E-state index in [1.165, 1.54) is 10.6 Å². The van der Waals surface area contributed by atoms with Gasteiger partial charge in [-0.25, -0.2) is 19.0 Å². The maximum absolute atomic E-state index is 15.1. The molecule has 0 saturated carbocycles. The smallest absolute Gasteiger partial charge is 0.407 e. The van der Waals surface area contributed by atoms with E-state index in [0.29, 0.717) is 51.8 Å². The molecular weight excluding hydrogens is 549 g/mol. The number of nitrogens with one attached hydrogen (secondary N) is 1. The second-order valence-corrected chi connectivity index (χ2v) is 11.0. The number of aliphatic hydroxyl groups is 1. The van der Waals surface area contributed by atoms with Crippen LogP contribution in [0, 0.1) is 12.7 Å². The lowest BCUT2D eigenvalue weighted by Gasteiger charge is -2.31. The van der Waals surface area contributed by atoms with Crippen molar-refractivity contribution < 1.29 is 33.7 Å². The summed E-state index contributed by atoms with van der Waals surface area (Å²) in [6.45, 7) is 2.76. The molecule has 1 aromatic carbocycles. The summed E-state index contributed by atoms with van der Waals surface area (Å²) in [6.07, 6.45) is -0.409. The van der Waals surface area contributed by atoms with Crippen molar-refractivity contribution in [3.05, 3.63) is 61.7 Å². The molecule has 12 nitrogen and oxygen atoms in total. The van der Waals surface area contributed by atoms with E-state index in [1.54, 1.807) is 19.9 Å². The van der Waals surface area contributed by atoms with Crippen LogP contribution in [0.2, 0.25) is 0 Å². The van der Waals surface area contributed by atoms with Crippen molar-refractivity contribution in [1.29, 1.82) is 0 Å². The maximum atomic E-state index is 15.1. The summed E-state index contributed by atoms with van der Waals surface area (Å²) in [5, 5.41) is 24.3. The lowest BCUT2D eigenvalue weighted by Crippen LogP contribution is -2.44. The van der Waals surface area contributed by atoms with E-state index < -0.39 is 47.5 Å². The first kappa shape index (κ1) is 27.8. The predicted molar refractivity (Wildman–Crippen MR) is 147 cm³/mol. The number of amides is 2. The Morgan fingerprint density at radius 2 is 2.05 bits per heavy atom. The summed E-state index contributed by atoms with van der Waals surface area (Å²) in [5.41, 5.74) is 7.10. The van der Waals surface area contributed by atoms with Gasteiger partial charge in [0.25, 0.3) is 5.56 Å². The summed E-state index contributed by atoms with van der Waals surface area (Å²) < 4.78 is 21.7. The second kappa shape index (κ2) is 9.88. The van der Waals surface area contributed by atoms with Crippen LogP contribution in [0.4, 0.5) is 9.18 Å². The molecule has 0 spiro atoms. The molecule has 0 bridgehead atoms. The van der Waals surface area contributed by atoms with Gasteiger partial charge in [-0.3, -0.25) is 14.5 Å². The van der Waals surface area contributed by atoms with Crippen LogP contribution < -0.4 is 16.6 Å². The van der Waals surface area contributed by atoms with E-state index in [9.17, 15) is 29.4 Å². The highest BCUT2D eigenvalue weighted by Crippen LogP contribution is 2.45. The number of benzene rings is 1. The largest absolute Gasteiger partial charge is 0.465 e. The molecule has 2 atom stereocenters. The zero-order valence-corrected chi connectivity index (χ0v) is 23.1. The number of nitrogens with zero attached hydrogens (tertiary/aromatic N) is 3. The second-order valence-electron chi connectivity index (χ2n) is 11.0. The number of rotatable bonds is 6. The van der Waals surface area contributed by atoms with Gasteiger partial charge in [0, 0.05) is 35.7 Å². The van der Waals surface area contributed by atoms with Crippen LogP contribution in [0.25, 0.3) is 22.3 Å². The highest BCUT2D eigenvalue weighted by Gasteiger charge is 2.46. The Balaban J connectivity index is 1.53. The van der Waals surface area contributed by atoms with Gasteiger partial charge in [-0.15, -0.1) is 0 Å². The van der Waals surface area contributed by atoms with Gasteiger partial charge in [-0.05, 0) is 48.9 Å². The van der Waals surface area contributed by atoms with Gasteiger partial charge in [0.15, 0.2) is 5.60 Å². The molecule has 3 aliphatic rings. The molecule has 220 valence electrons. The highest BCUT2D eigenvalue weighted by atomic mass is 19.1. The number of nitrogens with two attached hydrogens (primary N) is 1. The topological polar surface area (TPSA) is 177 Å². The number of aromatic nitrogens is 2. The molecule has 13 heteroatoms. The third kappa shape index (κ3) is 3.98. The fourth-order valence-electron chi connectivity index (χ4n) is 6.51. The first-order chi connectivity index (χ1) is 20.0. The molecule has 2 aromatic heterocycles. The number of aryl methyl sites for hydroxylation is 1. The van der Waals surface area contributed by atoms with Gasteiger partial charge < -0.3 is 30.6 Å². The van der Waals surface area contributed by atoms with E-state index in [-0.39, 0.29) is 43.8 Å². The number of pyridine rings is 2. The summed E-state index contributed by atoms with van der Waals surface area (Å²) >= 11 is 0. The first-order valence-corrected chi connectivity index (χ1v) is 13.8. The van der Waals surface area contributed by atoms with Crippen molar-refractivity contribution in [2.45, 2.75) is 57.9 Å². The number of carbonyl (C=O) groups is 3. The molecule has 0 unspecified atom stereocenters. The number of esters is 1. The summed E-state index contributed by atoms with van der Waals surface area (Å²) in [5.74, 6) is -1.79. The van der Waals surface area contributed by atoms with Gasteiger partial charge in [-0.2, -0.15) is 0 Å². The molecule has 3 aromatic rings. The standard InChI is InChI=1S/C29H30FN5O7/c1-3-29(41)17-8-21-25-15(10-35(21)26(37)16(17)12-42-27(29)38)24-19(32-22(36)11-34(7-6-31)28(39)40)5-4-14-13(2)18(30)9-20(33-25)23(14)24/h8-9,19,41H,3-7,10-12,31H2,1-2H3,(H,32,36)(H,39,40)/t19-,29-/m0/s1. The SMILES string of the molecule is CC[C@@]1(O)C(=O)OCc2c1cc1n(c2=O)Cc2c-1nc1cc(F)c(C)c3c1c2[C@@H](NC(=O)CN(CCN)C(=O)O)CC3. The Kier molecular flexibility index (Phi) is 6.54. The van der Waals surface area contributed by atoms with Crippen molar-refractivity contribution in [3.8, 4) is 11.4 Å². The number of hydrogen-bond acceptors (Lipinski definition) is 8. The number of halogens is 1. The fraction of sp³-hybridized carbons (Fsp3) is 0.414. The molecule has 0 radical (unpaired) electrons. The number of fused-ring (bicyclic) bond motifs is 5. The zero-order chi connectivity index (χ0) is 30.1. The van der Waals surface area contributed by atoms with Crippen molar-refractivity contribution in [2.75, 3.05) is 19.6 Å². The van der Waals surface area contributed by atoms with Gasteiger partial charge in [-0.1, -0.05) is 6.92 Å². The predicted octanol–water partition coefficient (Wildman–Crippen LogP) is 1.57. The molecule has 6 rings (SSSR count). The quantitative estimate of drug-likeness (QED) is 0.247. The summed E-state index contributed by atoms with van der Waals surface area (Å²) in [6, 6.07) is 2.34. The molecule has 1 aliphatic carbocycles. The minimum atomic E-state index is -2.00. The monoisotopic (exact) mass is 579 g/mol. The number of hydrogen-bond donors (Lipinski definition) is 4. The maximum Gasteiger partial charge on any atom is 0.407 e. The highest BCUT2D eigenvalue weighted by molar-refractivity contribution is 5.94. The van der Waals surface area contributed by atoms with E-state index in [1.807, 2.05) is 0 Å². The number of carboxylic acid groups (broad SMARTS) is 1. The van der Waals surface area contributed by atoms with Crippen LogP contribution in [-0.4, -0.2) is 62.3 Å². The van der Waals surface area contributed by atoms with Crippen molar-refractivity contribution in [3.63, 3.8) is 0 Å². The van der Waals surface area contributed by atoms with Gasteiger partial charge in [0.1, 0.15) is 19.0 Å². The molecule has 0 saturated heterocycles. The Hall–Kier alpha value is -4.36. The van der Waals surface area contributed by atoms with Gasteiger partial charge >= 0.3 is 12.1 Å². The van der Waals surface area contributed by atoms with E-state index in [0.717, 1.165) is 10.5 Å². The van der Waals surface area contributed by atoms with E-state index in [2.05, 4.69) is 5.32 Å². The Morgan fingerprint density at radius 3 is 2.74 bits per heavy atom. The minimum Gasteiger partial charge on any atom is -0.465 e. The average Bonchev–Trinajstić information content (AvgIpc) is 3.32. The lowest BCUT2D eigenvalue weighted by molar-refractivity contribution is -0.172. The van der Waals surface area contributed by atoms with Crippen LogP contribution >= 0.6 is 0 Å². The van der Waals surface area contributed by atoms with Crippen molar-refractivity contribution >= 4 is 28.9 Å². The zero-order valence-electron chi connectivity index (χ0n) is 23.1. The number of ether oxygens (including phenoxy) is 1. The van der Waals surface area contributed by atoms with Crippen molar-refractivity contribution in [2.24, 2.45) is 5.73 Å².